The third kappa shape index (κ3) is 3.94. The molecule has 0 saturated carbocycles. The quantitative estimate of drug-likeness (QED) is 0.364. The van der Waals surface area contributed by atoms with Gasteiger partial charge in [-0.25, -0.2) is 4.79 Å². The number of benzene rings is 1. The first-order valence-corrected chi connectivity index (χ1v) is 4.98. The van der Waals surface area contributed by atoms with Crippen molar-refractivity contribution in [2.24, 2.45) is 0 Å². The van der Waals surface area contributed by atoms with Gasteiger partial charge in [0.25, 0.3) is 0 Å². The third-order valence-electron chi connectivity index (χ3n) is 1.83. The van der Waals surface area contributed by atoms with Crippen LogP contribution in [-0.2, 0) is 9.53 Å². The van der Waals surface area contributed by atoms with Gasteiger partial charge in [0.2, 0.25) is 0 Å². The number of hydrogen-bond acceptors (Lipinski definition) is 5. The van der Waals surface area contributed by atoms with Crippen molar-refractivity contribution in [3.8, 4) is 0 Å². The smallest absolute Gasteiger partial charge is 0.411 e. The molecular formula is C11H12N2O4. The van der Waals surface area contributed by atoms with Gasteiger partial charge in [-0.15, -0.1) is 0 Å². The first-order chi connectivity index (χ1) is 8.15. The van der Waals surface area contributed by atoms with Crippen LogP contribution < -0.4 is 5.32 Å². The molecule has 90 valence electrons. The summed E-state index contributed by atoms with van der Waals surface area (Å²) in [4.78, 5) is 21.1. The molecule has 0 aliphatic carbocycles. The van der Waals surface area contributed by atoms with E-state index in [-0.39, 0.29) is 6.61 Å². The molecule has 0 aliphatic heterocycles. The highest BCUT2D eigenvalue weighted by Crippen LogP contribution is 2.07. The zero-order chi connectivity index (χ0) is 12.7. The first-order valence-electron chi connectivity index (χ1n) is 4.98. The van der Waals surface area contributed by atoms with E-state index < -0.39 is 16.6 Å². The second-order valence-electron chi connectivity index (χ2n) is 3.02. The Kier molecular flexibility index (Phi) is 4.68. The molecule has 0 amide bonds. The maximum absolute atomic E-state index is 11.2. The van der Waals surface area contributed by atoms with Crippen molar-refractivity contribution in [2.75, 3.05) is 11.9 Å². The van der Waals surface area contributed by atoms with Gasteiger partial charge in [0.1, 0.15) is 0 Å². The molecule has 6 heteroatoms. The highest BCUT2D eigenvalue weighted by atomic mass is 16.6. The minimum atomic E-state index is -0.957. The number of hydrogen-bond donors (Lipinski definition) is 1. The molecule has 0 aliphatic rings. The Balaban J connectivity index is 2.78. The Bertz CT molecular complexity index is 428. The van der Waals surface area contributed by atoms with Crippen LogP contribution in [0.15, 0.2) is 42.2 Å². The van der Waals surface area contributed by atoms with Crippen LogP contribution in [0.25, 0.3) is 0 Å². The summed E-state index contributed by atoms with van der Waals surface area (Å²) >= 11 is 0. The van der Waals surface area contributed by atoms with Crippen molar-refractivity contribution in [2.45, 2.75) is 6.92 Å². The van der Waals surface area contributed by atoms with Gasteiger partial charge in [-0.2, -0.15) is 0 Å². The highest BCUT2D eigenvalue weighted by molar-refractivity contribution is 5.86. The van der Waals surface area contributed by atoms with Crippen LogP contribution in [0.5, 0.6) is 0 Å². The minimum absolute atomic E-state index is 0.0926. The summed E-state index contributed by atoms with van der Waals surface area (Å²) in [5.41, 5.74) is 0.0202. The van der Waals surface area contributed by atoms with Gasteiger partial charge in [0.15, 0.2) is 0 Å². The molecule has 0 spiro atoms. The second-order valence-corrected chi connectivity index (χ2v) is 3.02. The van der Waals surface area contributed by atoms with Crippen LogP contribution in [0.2, 0.25) is 0 Å². The molecule has 0 atom stereocenters. The molecule has 1 rings (SSSR count). The Morgan fingerprint density at radius 1 is 1.47 bits per heavy atom. The van der Waals surface area contributed by atoms with Gasteiger partial charge in [-0.05, 0) is 19.1 Å². The zero-order valence-electron chi connectivity index (χ0n) is 9.25. The molecule has 0 aromatic heterocycles. The van der Waals surface area contributed by atoms with Crippen molar-refractivity contribution < 1.29 is 14.5 Å². The van der Waals surface area contributed by atoms with Crippen LogP contribution in [-0.4, -0.2) is 17.5 Å². The lowest BCUT2D eigenvalue weighted by Crippen LogP contribution is -2.16. The molecule has 17 heavy (non-hydrogen) atoms. The number of ether oxygens (including phenoxy) is 1. The Morgan fingerprint density at radius 2 is 2.12 bits per heavy atom. The van der Waals surface area contributed by atoms with E-state index in [1.54, 1.807) is 31.2 Å². The molecule has 0 heterocycles. The lowest BCUT2D eigenvalue weighted by molar-refractivity contribution is -0.421. The summed E-state index contributed by atoms with van der Waals surface area (Å²) < 4.78 is 4.56. The van der Waals surface area contributed by atoms with E-state index in [9.17, 15) is 14.9 Å². The number of carbonyl (C=O) groups excluding carboxylic acids is 1. The van der Waals surface area contributed by atoms with E-state index in [1.807, 2.05) is 6.07 Å². The van der Waals surface area contributed by atoms with Gasteiger partial charge in [0, 0.05) is 5.69 Å². The maximum Gasteiger partial charge on any atom is 0.411 e. The van der Waals surface area contributed by atoms with Crippen LogP contribution in [0.1, 0.15) is 6.92 Å². The zero-order valence-corrected chi connectivity index (χ0v) is 9.25. The third-order valence-corrected chi connectivity index (χ3v) is 1.83. The second kappa shape index (κ2) is 6.26. The van der Waals surface area contributed by atoms with E-state index in [0.717, 1.165) is 6.20 Å². The molecule has 1 N–H and O–H groups in total. The van der Waals surface area contributed by atoms with Crippen molar-refractivity contribution in [3.05, 3.63) is 52.3 Å². The van der Waals surface area contributed by atoms with E-state index in [0.29, 0.717) is 5.69 Å². The van der Waals surface area contributed by atoms with Crippen molar-refractivity contribution in [1.82, 2.24) is 0 Å². The number of nitrogens with zero attached hydrogens (tertiary/aromatic N) is 1. The lowest BCUT2D eigenvalue weighted by Gasteiger charge is -2.01. The van der Waals surface area contributed by atoms with E-state index >= 15 is 0 Å². The molecule has 1 aromatic carbocycles. The number of esters is 1. The molecule has 0 unspecified atom stereocenters. The lowest BCUT2D eigenvalue weighted by atomic mass is 10.3. The first kappa shape index (κ1) is 12.7. The maximum atomic E-state index is 11.2. The standard InChI is InChI=1S/C11H12N2O4/c1-2-17-11(14)10(13(15)16)8-12-9-6-4-3-5-7-9/h3-8,12H,2H2,1H3/b10-8+. The number of rotatable bonds is 5. The number of para-hydroxylation sites is 1. The van der Waals surface area contributed by atoms with Gasteiger partial charge in [-0.1, -0.05) is 18.2 Å². The minimum Gasteiger partial charge on any atom is -0.458 e. The fourth-order valence-corrected chi connectivity index (χ4v) is 1.08. The molecule has 0 radical (unpaired) electrons. The topological polar surface area (TPSA) is 81.5 Å². The number of nitrogens with one attached hydrogen (secondary N) is 1. The Labute approximate surface area is 98.0 Å². The fourth-order valence-electron chi connectivity index (χ4n) is 1.08. The summed E-state index contributed by atoms with van der Waals surface area (Å²) in [5, 5.41) is 13.3. The number of nitro groups is 1. The monoisotopic (exact) mass is 236 g/mol. The van der Waals surface area contributed by atoms with Crippen molar-refractivity contribution >= 4 is 11.7 Å². The van der Waals surface area contributed by atoms with Crippen LogP contribution in [0.4, 0.5) is 5.69 Å². The molecule has 0 saturated heterocycles. The van der Waals surface area contributed by atoms with E-state index in [4.69, 9.17) is 0 Å². The molecule has 6 nitrogen and oxygen atoms in total. The summed E-state index contributed by atoms with van der Waals surface area (Å²) in [7, 11) is 0. The van der Waals surface area contributed by atoms with Crippen LogP contribution in [0, 0.1) is 10.1 Å². The van der Waals surface area contributed by atoms with E-state index in [2.05, 4.69) is 10.1 Å². The van der Waals surface area contributed by atoms with E-state index in [1.165, 1.54) is 0 Å². The number of carbonyl (C=O) groups is 1. The van der Waals surface area contributed by atoms with Gasteiger partial charge in [0.05, 0.1) is 17.7 Å². The molecular weight excluding hydrogens is 224 g/mol. The largest absolute Gasteiger partial charge is 0.458 e. The van der Waals surface area contributed by atoms with Gasteiger partial charge in [-0.3, -0.25) is 10.1 Å². The number of anilines is 1. The summed E-state index contributed by atoms with van der Waals surface area (Å²) in [6.07, 6.45) is 1.02. The summed E-state index contributed by atoms with van der Waals surface area (Å²) in [6.45, 7) is 1.68. The van der Waals surface area contributed by atoms with Crippen LogP contribution >= 0.6 is 0 Å². The van der Waals surface area contributed by atoms with Gasteiger partial charge < -0.3 is 10.1 Å². The van der Waals surface area contributed by atoms with Crippen LogP contribution in [0.3, 0.4) is 0 Å². The summed E-state index contributed by atoms with van der Waals surface area (Å²) in [5.74, 6) is -0.957. The normalized spacial score (nSPS) is 10.8. The Hall–Kier alpha value is -2.37. The predicted octanol–water partition coefficient (Wildman–Crippen LogP) is 1.78. The SMILES string of the molecule is CCOC(=O)/C(=C\Nc1ccccc1)[N+](=O)[O-]. The average molecular weight is 236 g/mol. The summed E-state index contributed by atoms with van der Waals surface area (Å²) in [6, 6.07) is 8.80. The predicted molar refractivity (Wildman–Crippen MR) is 61.8 cm³/mol. The molecule has 0 fully saturated rings. The van der Waals surface area contributed by atoms with Crippen molar-refractivity contribution in [3.63, 3.8) is 0 Å². The Morgan fingerprint density at radius 3 is 2.65 bits per heavy atom. The average Bonchev–Trinajstić information content (AvgIpc) is 2.30. The fraction of sp³-hybridized carbons (Fsp3) is 0.182. The van der Waals surface area contributed by atoms with Crippen molar-refractivity contribution in [1.29, 1.82) is 0 Å². The molecule has 1 aromatic rings. The molecule has 0 bridgehead atoms. The highest BCUT2D eigenvalue weighted by Gasteiger charge is 2.22. The van der Waals surface area contributed by atoms with Gasteiger partial charge >= 0.3 is 11.7 Å².